The van der Waals surface area contributed by atoms with E-state index in [2.05, 4.69) is 16.3 Å². The number of nitrogens with one attached hydrogen (secondary N) is 1. The third kappa shape index (κ3) is 4.25. The third-order valence-corrected chi connectivity index (χ3v) is 5.29. The molecule has 2 aliphatic rings. The molecule has 1 amide bonds. The summed E-state index contributed by atoms with van der Waals surface area (Å²) in [5.41, 5.74) is 1.09. The zero-order valence-corrected chi connectivity index (χ0v) is 14.2. The summed E-state index contributed by atoms with van der Waals surface area (Å²) in [5.74, 6) is 0.402. The summed E-state index contributed by atoms with van der Waals surface area (Å²) < 4.78 is 5.46. The second-order valence-corrected chi connectivity index (χ2v) is 6.82. The number of carbonyl (C=O) groups excluding carboxylic acids is 1. The van der Waals surface area contributed by atoms with Gasteiger partial charge >= 0.3 is 0 Å². The maximum Gasteiger partial charge on any atom is 0.223 e. The Morgan fingerprint density at radius 3 is 2.65 bits per heavy atom. The molecule has 1 aliphatic heterocycles. The van der Waals surface area contributed by atoms with Crippen molar-refractivity contribution in [2.45, 2.75) is 31.7 Å². The van der Waals surface area contributed by atoms with Crippen LogP contribution in [0.5, 0.6) is 0 Å². The van der Waals surface area contributed by atoms with Gasteiger partial charge in [0, 0.05) is 30.6 Å². The lowest BCUT2D eigenvalue weighted by molar-refractivity contribution is -0.125. The fourth-order valence-electron chi connectivity index (χ4n) is 3.60. The second-order valence-electron chi connectivity index (χ2n) is 6.41. The van der Waals surface area contributed by atoms with Crippen LogP contribution in [0.4, 0.5) is 0 Å². The Kier molecular flexibility index (Phi) is 5.92. The quantitative estimate of drug-likeness (QED) is 0.898. The van der Waals surface area contributed by atoms with Crippen LogP contribution in [-0.2, 0) is 9.53 Å². The van der Waals surface area contributed by atoms with Crippen molar-refractivity contribution in [2.75, 3.05) is 32.8 Å². The van der Waals surface area contributed by atoms with Gasteiger partial charge in [0.1, 0.15) is 0 Å². The first kappa shape index (κ1) is 16.7. The lowest BCUT2D eigenvalue weighted by Crippen LogP contribution is -2.44. The maximum absolute atomic E-state index is 12.4. The van der Waals surface area contributed by atoms with Crippen molar-refractivity contribution in [3.8, 4) is 0 Å². The Balaban J connectivity index is 1.69. The minimum absolute atomic E-state index is 0.109. The van der Waals surface area contributed by atoms with Crippen molar-refractivity contribution in [1.29, 1.82) is 0 Å². The fraction of sp³-hybridized carbons (Fsp3) is 0.611. The summed E-state index contributed by atoms with van der Waals surface area (Å²) in [5, 5.41) is 3.93. The molecule has 1 N–H and O–H groups in total. The van der Waals surface area contributed by atoms with Gasteiger partial charge in [-0.15, -0.1) is 0 Å². The largest absolute Gasteiger partial charge is 0.379 e. The van der Waals surface area contributed by atoms with E-state index < -0.39 is 0 Å². The molecule has 4 nitrogen and oxygen atoms in total. The summed E-state index contributed by atoms with van der Waals surface area (Å²) in [6.45, 7) is 3.82. The summed E-state index contributed by atoms with van der Waals surface area (Å²) >= 11 is 6.41. The molecule has 1 aliphatic carbocycles. The number of rotatable bonds is 5. The van der Waals surface area contributed by atoms with Crippen LogP contribution in [0.15, 0.2) is 24.3 Å². The van der Waals surface area contributed by atoms with E-state index in [1.54, 1.807) is 0 Å². The summed E-state index contributed by atoms with van der Waals surface area (Å²) in [4.78, 5) is 14.7. The molecule has 2 fully saturated rings. The molecule has 1 aromatic rings. The van der Waals surface area contributed by atoms with Gasteiger partial charge in [0.25, 0.3) is 0 Å². The molecular formula is C18H25ClN2O2. The van der Waals surface area contributed by atoms with Crippen LogP contribution in [0.2, 0.25) is 5.02 Å². The van der Waals surface area contributed by atoms with Gasteiger partial charge in [-0.25, -0.2) is 0 Å². The van der Waals surface area contributed by atoms with Gasteiger partial charge in [0.2, 0.25) is 5.91 Å². The Morgan fingerprint density at radius 1 is 1.26 bits per heavy atom. The number of nitrogens with zero attached hydrogens (tertiary/aromatic N) is 1. The van der Waals surface area contributed by atoms with E-state index in [-0.39, 0.29) is 17.9 Å². The van der Waals surface area contributed by atoms with E-state index in [0.717, 1.165) is 49.7 Å². The van der Waals surface area contributed by atoms with Gasteiger partial charge < -0.3 is 10.1 Å². The van der Waals surface area contributed by atoms with Crippen molar-refractivity contribution in [1.82, 2.24) is 10.2 Å². The van der Waals surface area contributed by atoms with E-state index in [1.807, 2.05) is 18.2 Å². The van der Waals surface area contributed by atoms with E-state index in [9.17, 15) is 4.79 Å². The predicted molar refractivity (Wildman–Crippen MR) is 91.6 cm³/mol. The summed E-state index contributed by atoms with van der Waals surface area (Å²) in [6, 6.07) is 8.04. The third-order valence-electron chi connectivity index (χ3n) is 4.95. The first-order chi connectivity index (χ1) is 11.3. The zero-order valence-electron chi connectivity index (χ0n) is 13.5. The van der Waals surface area contributed by atoms with Crippen LogP contribution in [0, 0.1) is 5.92 Å². The van der Waals surface area contributed by atoms with Crippen LogP contribution in [-0.4, -0.2) is 43.7 Å². The molecule has 1 heterocycles. The Hall–Kier alpha value is -1.10. The molecule has 0 aromatic heterocycles. The number of ether oxygens (including phenoxy) is 1. The molecule has 3 rings (SSSR count). The molecule has 1 atom stereocenters. The first-order valence-corrected chi connectivity index (χ1v) is 8.97. The first-order valence-electron chi connectivity index (χ1n) is 8.59. The highest BCUT2D eigenvalue weighted by Gasteiger charge is 2.27. The predicted octanol–water partition coefficient (Wildman–Crippen LogP) is 3.02. The molecule has 0 unspecified atom stereocenters. The lowest BCUT2D eigenvalue weighted by atomic mass is 10.0. The SMILES string of the molecule is O=C(NC[C@@H](c1ccccc1Cl)N1CCOCC1)C1CCCC1. The average molecular weight is 337 g/mol. The fourth-order valence-corrected chi connectivity index (χ4v) is 3.86. The standard InChI is InChI=1S/C18H25ClN2O2/c19-16-8-4-3-7-15(16)17(21-9-11-23-12-10-21)13-20-18(22)14-5-1-2-6-14/h3-4,7-8,14,17H,1-2,5-6,9-13H2,(H,20,22)/t17-/m0/s1. The molecular weight excluding hydrogens is 312 g/mol. The summed E-state index contributed by atoms with van der Waals surface area (Å²) in [6.07, 6.45) is 4.41. The Morgan fingerprint density at radius 2 is 1.96 bits per heavy atom. The number of morpholine rings is 1. The highest BCUT2D eigenvalue weighted by molar-refractivity contribution is 6.31. The number of carbonyl (C=O) groups is 1. The lowest BCUT2D eigenvalue weighted by Gasteiger charge is -2.35. The van der Waals surface area contributed by atoms with Crippen molar-refractivity contribution < 1.29 is 9.53 Å². The Labute approximate surface area is 143 Å². The van der Waals surface area contributed by atoms with Crippen LogP contribution in [0.25, 0.3) is 0 Å². The van der Waals surface area contributed by atoms with Crippen LogP contribution < -0.4 is 5.32 Å². The van der Waals surface area contributed by atoms with E-state index in [1.165, 1.54) is 12.8 Å². The van der Waals surface area contributed by atoms with Crippen molar-refractivity contribution >= 4 is 17.5 Å². The molecule has 0 radical (unpaired) electrons. The second kappa shape index (κ2) is 8.13. The Bertz CT molecular complexity index is 526. The molecule has 23 heavy (non-hydrogen) atoms. The van der Waals surface area contributed by atoms with Gasteiger partial charge in [0.05, 0.1) is 19.3 Å². The number of halogens is 1. The van der Waals surface area contributed by atoms with Gasteiger partial charge in [-0.3, -0.25) is 9.69 Å². The molecule has 1 saturated carbocycles. The molecule has 0 spiro atoms. The van der Waals surface area contributed by atoms with Gasteiger partial charge in [-0.2, -0.15) is 0 Å². The normalized spacial score (nSPS) is 21.3. The van der Waals surface area contributed by atoms with Crippen LogP contribution in [0.1, 0.15) is 37.3 Å². The minimum Gasteiger partial charge on any atom is -0.379 e. The van der Waals surface area contributed by atoms with E-state index in [0.29, 0.717) is 6.54 Å². The highest BCUT2D eigenvalue weighted by Crippen LogP contribution is 2.29. The van der Waals surface area contributed by atoms with E-state index in [4.69, 9.17) is 16.3 Å². The van der Waals surface area contributed by atoms with Gasteiger partial charge in [0.15, 0.2) is 0 Å². The number of benzene rings is 1. The zero-order chi connectivity index (χ0) is 16.1. The minimum atomic E-state index is 0.109. The molecule has 0 bridgehead atoms. The average Bonchev–Trinajstić information content (AvgIpc) is 3.12. The van der Waals surface area contributed by atoms with Crippen molar-refractivity contribution in [3.63, 3.8) is 0 Å². The number of hydrogen-bond donors (Lipinski definition) is 1. The number of hydrogen-bond acceptors (Lipinski definition) is 3. The molecule has 5 heteroatoms. The topological polar surface area (TPSA) is 41.6 Å². The number of amides is 1. The summed E-state index contributed by atoms with van der Waals surface area (Å²) in [7, 11) is 0. The van der Waals surface area contributed by atoms with Gasteiger partial charge in [-0.1, -0.05) is 42.6 Å². The van der Waals surface area contributed by atoms with Gasteiger partial charge in [-0.05, 0) is 24.5 Å². The molecule has 126 valence electrons. The van der Waals surface area contributed by atoms with Crippen LogP contribution in [0.3, 0.4) is 0 Å². The van der Waals surface area contributed by atoms with Crippen LogP contribution >= 0.6 is 11.6 Å². The van der Waals surface area contributed by atoms with Crippen molar-refractivity contribution in [2.24, 2.45) is 5.92 Å². The molecule has 1 saturated heterocycles. The monoisotopic (exact) mass is 336 g/mol. The maximum atomic E-state index is 12.4. The molecule has 1 aromatic carbocycles. The smallest absolute Gasteiger partial charge is 0.223 e. The van der Waals surface area contributed by atoms with E-state index >= 15 is 0 Å². The van der Waals surface area contributed by atoms with Crippen molar-refractivity contribution in [3.05, 3.63) is 34.9 Å². The highest BCUT2D eigenvalue weighted by atomic mass is 35.5.